The van der Waals surface area contributed by atoms with Crippen LogP contribution in [0.1, 0.15) is 34.4 Å². The first-order chi connectivity index (χ1) is 14.7. The summed E-state index contributed by atoms with van der Waals surface area (Å²) in [6.45, 7) is 1.88. The number of amides is 1. The summed E-state index contributed by atoms with van der Waals surface area (Å²) >= 11 is -0.926. The monoisotopic (exact) mass is 464 g/mol. The van der Waals surface area contributed by atoms with Crippen molar-refractivity contribution in [3.05, 3.63) is 45.8 Å². The van der Waals surface area contributed by atoms with Crippen molar-refractivity contribution in [2.75, 3.05) is 18.4 Å². The molecule has 31 heavy (non-hydrogen) atoms. The molecule has 2 aromatic rings. The lowest BCUT2D eigenvalue weighted by Gasteiger charge is -2.39. The third-order valence-electron chi connectivity index (χ3n) is 5.66. The number of fused-ring (bicyclic) bond motifs is 1. The van der Waals surface area contributed by atoms with E-state index in [4.69, 9.17) is 0 Å². The van der Waals surface area contributed by atoms with E-state index in [1.54, 1.807) is 12.1 Å². The molecule has 2 aliphatic rings. The van der Waals surface area contributed by atoms with Gasteiger partial charge in [0.15, 0.2) is 0 Å². The molecule has 0 radical (unpaired) electrons. The number of benzene rings is 1. The van der Waals surface area contributed by atoms with E-state index >= 15 is 0 Å². The van der Waals surface area contributed by atoms with Crippen LogP contribution in [-0.4, -0.2) is 38.6 Å². The average molecular weight is 465 g/mol. The van der Waals surface area contributed by atoms with Crippen molar-refractivity contribution in [1.29, 1.82) is 5.26 Å². The minimum atomic E-state index is -2.53. The number of carbonyl (C=O) groups excluding carboxylic acids is 1. The van der Waals surface area contributed by atoms with Crippen LogP contribution in [0.25, 0.3) is 0 Å². The summed E-state index contributed by atoms with van der Waals surface area (Å²) in [5, 5.41) is 13.0. The van der Waals surface area contributed by atoms with Gasteiger partial charge in [0.1, 0.15) is 11.1 Å². The second-order valence-corrected chi connectivity index (χ2v) is 10.1. The highest BCUT2D eigenvalue weighted by atomic mass is 32.2. The molecule has 0 bridgehead atoms. The number of hydrogen-bond donors (Lipinski definition) is 1. The third kappa shape index (κ3) is 5.01. The van der Waals surface area contributed by atoms with Crippen LogP contribution in [-0.2, 0) is 35.3 Å². The Morgan fingerprint density at radius 2 is 2.06 bits per heavy atom. The van der Waals surface area contributed by atoms with E-state index in [-0.39, 0.29) is 36.0 Å². The smallest absolute Gasteiger partial charge is 0.248 e. The highest BCUT2D eigenvalue weighted by Crippen LogP contribution is 2.43. The number of thiophene rings is 1. The number of nitrogens with zero attached hydrogens (tertiary/aromatic N) is 2. The zero-order valence-corrected chi connectivity index (χ0v) is 18.2. The molecule has 164 valence electrons. The molecule has 1 aliphatic carbocycles. The lowest BCUT2D eigenvalue weighted by Crippen LogP contribution is -2.43. The fourth-order valence-corrected chi connectivity index (χ4v) is 5.68. The zero-order valence-electron chi connectivity index (χ0n) is 16.5. The number of rotatable bonds is 6. The van der Waals surface area contributed by atoms with Crippen molar-refractivity contribution in [1.82, 2.24) is 4.90 Å². The van der Waals surface area contributed by atoms with Crippen LogP contribution >= 0.6 is 11.3 Å². The molecule has 1 aromatic carbocycles. The molecule has 1 aliphatic heterocycles. The summed E-state index contributed by atoms with van der Waals surface area (Å²) in [5.41, 5.74) is 1.98. The molecule has 1 saturated carbocycles. The van der Waals surface area contributed by atoms with Gasteiger partial charge in [-0.2, -0.15) is 5.26 Å². The maximum absolute atomic E-state index is 13.1. The molecular formula is C21H20F2N3O3S2-. The van der Waals surface area contributed by atoms with Gasteiger partial charge in [-0.3, -0.25) is 13.9 Å². The van der Waals surface area contributed by atoms with Crippen molar-refractivity contribution < 1.29 is 22.3 Å². The molecule has 1 N–H and O–H groups in total. The van der Waals surface area contributed by atoms with E-state index in [0.29, 0.717) is 29.2 Å². The fourth-order valence-electron chi connectivity index (χ4n) is 4.16. The Balaban J connectivity index is 1.40. The molecule has 1 atom stereocenters. The minimum Gasteiger partial charge on any atom is -0.768 e. The summed E-state index contributed by atoms with van der Waals surface area (Å²) in [6.07, 6.45) is 0.638. The van der Waals surface area contributed by atoms with Crippen molar-refractivity contribution >= 4 is 33.3 Å². The van der Waals surface area contributed by atoms with E-state index in [0.717, 1.165) is 23.4 Å². The van der Waals surface area contributed by atoms with Crippen LogP contribution < -0.4 is 5.32 Å². The Kier molecular flexibility index (Phi) is 6.21. The van der Waals surface area contributed by atoms with Crippen molar-refractivity contribution in [2.45, 2.75) is 43.0 Å². The van der Waals surface area contributed by atoms with Crippen LogP contribution in [0.2, 0.25) is 0 Å². The molecule has 1 amide bonds. The first-order valence-electron chi connectivity index (χ1n) is 9.87. The molecule has 0 spiro atoms. The predicted molar refractivity (Wildman–Crippen MR) is 112 cm³/mol. The van der Waals surface area contributed by atoms with Crippen LogP contribution in [0.4, 0.5) is 13.8 Å². The average Bonchev–Trinajstić information content (AvgIpc) is 3.03. The highest BCUT2D eigenvalue weighted by Gasteiger charge is 2.45. The Morgan fingerprint density at radius 1 is 1.35 bits per heavy atom. The van der Waals surface area contributed by atoms with Crippen LogP contribution in [0, 0.1) is 17.2 Å². The lowest BCUT2D eigenvalue weighted by atomic mass is 9.81. The van der Waals surface area contributed by atoms with Gasteiger partial charge in [-0.05, 0) is 41.1 Å². The number of halogens is 2. The van der Waals surface area contributed by atoms with Gasteiger partial charge in [0, 0.05) is 47.8 Å². The highest BCUT2D eigenvalue weighted by molar-refractivity contribution is 7.79. The van der Waals surface area contributed by atoms with E-state index < -0.39 is 17.0 Å². The maximum Gasteiger partial charge on any atom is 0.248 e. The van der Waals surface area contributed by atoms with Gasteiger partial charge in [-0.1, -0.05) is 12.1 Å². The van der Waals surface area contributed by atoms with Gasteiger partial charge < -0.3 is 9.87 Å². The lowest BCUT2D eigenvalue weighted by molar-refractivity contribution is -0.117. The van der Waals surface area contributed by atoms with Gasteiger partial charge in [-0.25, -0.2) is 8.78 Å². The SMILES string of the molecule is N#Cc1c(NC(=O)Cc2ccc(S(=O)[O-])cc2)sc2c1CN(CC1CC(F)(F)C1)CC2. The van der Waals surface area contributed by atoms with Crippen LogP contribution in [0.3, 0.4) is 0 Å². The van der Waals surface area contributed by atoms with Gasteiger partial charge in [-0.15, -0.1) is 11.3 Å². The zero-order chi connectivity index (χ0) is 22.2. The summed E-state index contributed by atoms with van der Waals surface area (Å²) in [7, 11) is 0. The number of nitrogens with one attached hydrogen (secondary N) is 1. The summed E-state index contributed by atoms with van der Waals surface area (Å²) < 4.78 is 48.1. The Bertz CT molecular complexity index is 1060. The van der Waals surface area contributed by atoms with E-state index in [9.17, 15) is 27.6 Å². The number of anilines is 1. The molecule has 1 fully saturated rings. The van der Waals surface area contributed by atoms with Crippen molar-refractivity contribution in [3.8, 4) is 6.07 Å². The van der Waals surface area contributed by atoms with Crippen LogP contribution in [0.15, 0.2) is 29.2 Å². The normalized spacial score (nSPS) is 19.2. The molecule has 2 heterocycles. The van der Waals surface area contributed by atoms with E-state index in [1.165, 1.54) is 23.5 Å². The number of nitriles is 1. The molecule has 6 nitrogen and oxygen atoms in total. The molecule has 10 heteroatoms. The summed E-state index contributed by atoms with van der Waals surface area (Å²) in [4.78, 5) is 15.8. The van der Waals surface area contributed by atoms with Crippen LogP contribution in [0.5, 0.6) is 0 Å². The summed E-state index contributed by atoms with van der Waals surface area (Å²) in [5.74, 6) is -2.83. The Hall–Kier alpha value is -2.19. The number of carbonyl (C=O) groups is 1. The Morgan fingerprint density at radius 3 is 2.68 bits per heavy atom. The number of alkyl halides is 2. The van der Waals surface area contributed by atoms with Crippen molar-refractivity contribution in [2.24, 2.45) is 5.92 Å². The van der Waals surface area contributed by atoms with Crippen molar-refractivity contribution in [3.63, 3.8) is 0 Å². The topological polar surface area (TPSA) is 96.3 Å². The number of hydrogen-bond acceptors (Lipinski definition) is 6. The van der Waals surface area contributed by atoms with Gasteiger partial charge in [0.05, 0.1) is 12.0 Å². The molecular weight excluding hydrogens is 444 g/mol. The second kappa shape index (κ2) is 8.74. The molecule has 0 saturated heterocycles. The largest absolute Gasteiger partial charge is 0.768 e. The minimum absolute atomic E-state index is 0.00896. The molecule has 1 unspecified atom stereocenters. The van der Waals surface area contributed by atoms with E-state index in [1.807, 2.05) is 0 Å². The second-order valence-electron chi connectivity index (χ2n) is 8.04. The van der Waals surface area contributed by atoms with Gasteiger partial charge in [0.2, 0.25) is 11.8 Å². The third-order valence-corrected chi connectivity index (χ3v) is 7.53. The first kappa shape index (κ1) is 22.0. The fraction of sp³-hybridized carbons (Fsp3) is 0.429. The molecule has 1 aromatic heterocycles. The quantitative estimate of drug-likeness (QED) is 0.661. The maximum atomic E-state index is 13.1. The van der Waals surface area contributed by atoms with Gasteiger partial charge >= 0.3 is 0 Å². The van der Waals surface area contributed by atoms with E-state index in [2.05, 4.69) is 16.3 Å². The molecule has 4 rings (SSSR count). The Labute approximate surface area is 185 Å². The van der Waals surface area contributed by atoms with Gasteiger partial charge in [0.25, 0.3) is 0 Å². The predicted octanol–water partition coefficient (Wildman–Crippen LogP) is 3.44. The standard InChI is InChI=1S/C21H21F2N3O3S2/c22-21(23)8-14(9-21)11-26-6-5-18-17(12-26)16(10-24)20(30-18)25-19(27)7-13-1-3-15(4-2-13)31(28)29/h1-4,14H,5-9,11-12H2,(H,25,27)(H,28,29)/p-1. The summed E-state index contributed by atoms with van der Waals surface area (Å²) in [6, 6.07) is 8.22. The first-order valence-corrected chi connectivity index (χ1v) is 11.8.